The maximum atomic E-state index is 12.9. The van der Waals surface area contributed by atoms with Crippen LogP contribution in [0.5, 0.6) is 0 Å². The van der Waals surface area contributed by atoms with Gasteiger partial charge in [0.15, 0.2) is 0 Å². The molecule has 1 aliphatic rings. The molecule has 0 saturated carbocycles. The summed E-state index contributed by atoms with van der Waals surface area (Å²) >= 11 is 0. The Labute approximate surface area is 169 Å². The van der Waals surface area contributed by atoms with Crippen molar-refractivity contribution in [2.45, 2.75) is 53.0 Å². The largest absolute Gasteiger partial charge is 0.352 e. The van der Waals surface area contributed by atoms with Gasteiger partial charge in [-0.05, 0) is 51.2 Å². The van der Waals surface area contributed by atoms with Gasteiger partial charge in [0, 0.05) is 31.2 Å². The first-order valence-electron chi connectivity index (χ1n) is 9.68. The van der Waals surface area contributed by atoms with Crippen molar-refractivity contribution >= 4 is 24.2 Å². The third-order valence-electron chi connectivity index (χ3n) is 4.93. The second-order valence-electron chi connectivity index (χ2n) is 8.04. The molecule has 0 aromatic heterocycles. The molecule has 0 aliphatic carbocycles. The van der Waals surface area contributed by atoms with Crippen molar-refractivity contribution < 1.29 is 9.59 Å². The standard InChI is InChI=1S/C21H33N3O2.ClH/c1-14(2)8-19(12-22)23-20(25)17-6-5-7-24(13-17)21(26)18-10-15(3)9-16(4)11-18;/h9-11,14,17,19H,5-8,12-13,22H2,1-4H3,(H,23,25);1H. The van der Waals surface area contributed by atoms with E-state index in [1.165, 1.54) is 0 Å². The molecule has 5 nitrogen and oxygen atoms in total. The number of likely N-dealkylation sites (tertiary alicyclic amines) is 1. The lowest BCUT2D eigenvalue weighted by Crippen LogP contribution is -2.49. The fraction of sp³-hybridized carbons (Fsp3) is 0.619. The summed E-state index contributed by atoms with van der Waals surface area (Å²) in [5.74, 6) is 0.378. The zero-order valence-corrected chi connectivity index (χ0v) is 17.8. The van der Waals surface area contributed by atoms with Crippen molar-refractivity contribution in [3.63, 3.8) is 0 Å². The molecule has 2 rings (SSSR count). The third-order valence-corrected chi connectivity index (χ3v) is 4.93. The predicted octanol–water partition coefficient (Wildman–Crippen LogP) is 3.07. The van der Waals surface area contributed by atoms with Gasteiger partial charge in [-0.2, -0.15) is 0 Å². The topological polar surface area (TPSA) is 75.4 Å². The van der Waals surface area contributed by atoms with Gasteiger partial charge in [-0.1, -0.05) is 31.0 Å². The maximum absolute atomic E-state index is 12.9. The van der Waals surface area contributed by atoms with Crippen LogP contribution in [0.25, 0.3) is 0 Å². The highest BCUT2D eigenvalue weighted by molar-refractivity contribution is 5.95. The minimum Gasteiger partial charge on any atom is -0.352 e. The average molecular weight is 396 g/mol. The molecule has 27 heavy (non-hydrogen) atoms. The van der Waals surface area contributed by atoms with E-state index in [4.69, 9.17) is 5.73 Å². The summed E-state index contributed by atoms with van der Waals surface area (Å²) < 4.78 is 0. The number of aryl methyl sites for hydroxylation is 2. The van der Waals surface area contributed by atoms with Crippen LogP contribution < -0.4 is 11.1 Å². The Morgan fingerprint density at radius 1 is 1.22 bits per heavy atom. The van der Waals surface area contributed by atoms with Gasteiger partial charge >= 0.3 is 0 Å². The van der Waals surface area contributed by atoms with Gasteiger partial charge in [-0.15, -0.1) is 12.4 Å². The second-order valence-corrected chi connectivity index (χ2v) is 8.04. The predicted molar refractivity (Wildman–Crippen MR) is 112 cm³/mol. The van der Waals surface area contributed by atoms with Gasteiger partial charge in [0.1, 0.15) is 0 Å². The number of nitrogens with one attached hydrogen (secondary N) is 1. The number of hydrogen-bond acceptors (Lipinski definition) is 3. The lowest BCUT2D eigenvalue weighted by Gasteiger charge is -2.33. The van der Waals surface area contributed by atoms with E-state index in [0.717, 1.165) is 30.4 Å². The van der Waals surface area contributed by atoms with E-state index in [0.29, 0.717) is 31.1 Å². The van der Waals surface area contributed by atoms with Gasteiger partial charge in [-0.25, -0.2) is 0 Å². The molecule has 1 saturated heterocycles. The van der Waals surface area contributed by atoms with E-state index in [1.54, 1.807) is 0 Å². The van der Waals surface area contributed by atoms with Gasteiger partial charge in [0.05, 0.1) is 5.92 Å². The molecule has 3 N–H and O–H groups in total. The van der Waals surface area contributed by atoms with Crippen LogP contribution in [-0.4, -0.2) is 42.4 Å². The van der Waals surface area contributed by atoms with Crippen molar-refractivity contribution in [2.75, 3.05) is 19.6 Å². The van der Waals surface area contributed by atoms with E-state index >= 15 is 0 Å². The van der Waals surface area contributed by atoms with Crippen LogP contribution in [0.3, 0.4) is 0 Å². The van der Waals surface area contributed by atoms with Crippen LogP contribution in [0.1, 0.15) is 54.6 Å². The van der Waals surface area contributed by atoms with Crippen LogP contribution >= 0.6 is 12.4 Å². The number of halogens is 1. The van der Waals surface area contributed by atoms with Crippen LogP contribution in [-0.2, 0) is 4.79 Å². The number of rotatable bonds is 6. The summed E-state index contributed by atoms with van der Waals surface area (Å²) in [6, 6.07) is 5.91. The smallest absolute Gasteiger partial charge is 0.253 e. The van der Waals surface area contributed by atoms with Gasteiger partial charge in [0.25, 0.3) is 5.91 Å². The van der Waals surface area contributed by atoms with Crippen molar-refractivity contribution in [1.82, 2.24) is 10.2 Å². The highest BCUT2D eigenvalue weighted by Gasteiger charge is 2.30. The fourth-order valence-corrected chi connectivity index (χ4v) is 3.76. The quantitative estimate of drug-likeness (QED) is 0.777. The monoisotopic (exact) mass is 395 g/mol. The first-order chi connectivity index (χ1) is 12.3. The molecule has 1 heterocycles. The molecule has 0 bridgehead atoms. The number of benzene rings is 1. The van der Waals surface area contributed by atoms with Gasteiger partial charge in [0.2, 0.25) is 5.91 Å². The Kier molecular flexibility index (Phi) is 9.27. The maximum Gasteiger partial charge on any atom is 0.253 e. The van der Waals surface area contributed by atoms with Crippen LogP contribution in [0, 0.1) is 25.7 Å². The summed E-state index contributed by atoms with van der Waals surface area (Å²) in [5.41, 5.74) is 8.68. The molecule has 1 aromatic carbocycles. The van der Waals surface area contributed by atoms with Crippen molar-refractivity contribution in [2.24, 2.45) is 17.6 Å². The molecule has 2 amide bonds. The van der Waals surface area contributed by atoms with Crippen molar-refractivity contribution in [3.05, 3.63) is 34.9 Å². The molecule has 1 aliphatic heterocycles. The van der Waals surface area contributed by atoms with Crippen molar-refractivity contribution in [1.29, 1.82) is 0 Å². The van der Waals surface area contributed by atoms with Crippen LogP contribution in [0.4, 0.5) is 0 Å². The second kappa shape index (κ2) is 10.7. The highest BCUT2D eigenvalue weighted by Crippen LogP contribution is 2.20. The lowest BCUT2D eigenvalue weighted by molar-refractivity contribution is -0.127. The Morgan fingerprint density at radius 2 is 1.85 bits per heavy atom. The summed E-state index contributed by atoms with van der Waals surface area (Å²) in [6.45, 7) is 9.88. The normalized spacial score (nSPS) is 18.0. The Hall–Kier alpha value is -1.59. The molecule has 0 radical (unpaired) electrons. The number of hydrogen-bond donors (Lipinski definition) is 2. The summed E-state index contributed by atoms with van der Waals surface area (Å²) in [7, 11) is 0. The molecule has 0 spiro atoms. The number of piperidine rings is 1. The van der Waals surface area contributed by atoms with Crippen molar-refractivity contribution in [3.8, 4) is 0 Å². The zero-order chi connectivity index (χ0) is 19.3. The highest BCUT2D eigenvalue weighted by atomic mass is 35.5. The summed E-state index contributed by atoms with van der Waals surface area (Å²) in [4.78, 5) is 27.3. The van der Waals surface area contributed by atoms with E-state index in [9.17, 15) is 9.59 Å². The Balaban J connectivity index is 0.00000364. The van der Waals surface area contributed by atoms with E-state index < -0.39 is 0 Å². The van der Waals surface area contributed by atoms with Crippen LogP contribution in [0.2, 0.25) is 0 Å². The Bertz CT molecular complexity index is 628. The average Bonchev–Trinajstić information content (AvgIpc) is 2.59. The Morgan fingerprint density at radius 3 is 2.41 bits per heavy atom. The number of amides is 2. The van der Waals surface area contributed by atoms with Gasteiger partial charge in [-0.3, -0.25) is 9.59 Å². The van der Waals surface area contributed by atoms with E-state index in [-0.39, 0.29) is 36.2 Å². The molecule has 2 atom stereocenters. The molecule has 1 fully saturated rings. The number of nitrogens with two attached hydrogens (primary N) is 1. The molecule has 6 heteroatoms. The minimum atomic E-state index is -0.153. The molecular formula is C21H34ClN3O2. The van der Waals surface area contributed by atoms with E-state index in [2.05, 4.69) is 25.2 Å². The molecule has 1 aromatic rings. The number of carbonyl (C=O) groups excluding carboxylic acids is 2. The minimum absolute atomic E-state index is 0. The first kappa shape index (κ1) is 23.4. The van der Waals surface area contributed by atoms with E-state index in [1.807, 2.05) is 30.9 Å². The number of nitrogens with zero attached hydrogens (tertiary/aromatic N) is 1. The summed E-state index contributed by atoms with van der Waals surface area (Å²) in [5, 5.41) is 3.08. The lowest BCUT2D eigenvalue weighted by atomic mass is 9.95. The van der Waals surface area contributed by atoms with Gasteiger partial charge < -0.3 is 16.0 Å². The summed E-state index contributed by atoms with van der Waals surface area (Å²) in [6.07, 6.45) is 2.55. The molecular weight excluding hydrogens is 362 g/mol. The number of carbonyl (C=O) groups is 2. The zero-order valence-electron chi connectivity index (χ0n) is 17.0. The SMILES string of the molecule is Cc1cc(C)cc(C(=O)N2CCCC(C(=O)NC(CN)CC(C)C)C2)c1.Cl. The first-order valence-corrected chi connectivity index (χ1v) is 9.68. The van der Waals surface area contributed by atoms with Crippen LogP contribution in [0.15, 0.2) is 18.2 Å². The molecule has 152 valence electrons. The molecule has 2 unspecified atom stereocenters. The third kappa shape index (κ3) is 6.82. The fourth-order valence-electron chi connectivity index (χ4n) is 3.76.